The number of carbonyl (C=O) groups is 2. The molecule has 1 aliphatic rings. The highest BCUT2D eigenvalue weighted by Gasteiger charge is 2.45. The molecule has 3 aromatic carbocycles. The molecule has 7 nitrogen and oxygen atoms in total. The van der Waals surface area contributed by atoms with E-state index in [-0.39, 0.29) is 37.3 Å². The molecule has 5 rings (SSSR count). The van der Waals surface area contributed by atoms with Gasteiger partial charge >= 0.3 is 11.9 Å². The summed E-state index contributed by atoms with van der Waals surface area (Å²) in [6.07, 6.45) is 9.71. The first kappa shape index (κ1) is 30.5. The molecule has 0 bridgehead atoms. The molecule has 0 saturated heterocycles. The largest absolute Gasteiger partial charge is 0.490 e. The second-order valence-electron chi connectivity index (χ2n) is 11.1. The Bertz CT molecular complexity index is 1730. The summed E-state index contributed by atoms with van der Waals surface area (Å²) in [5, 5.41) is 20.0. The molecular formula is C35H33F2NO6. The highest BCUT2D eigenvalue weighted by molar-refractivity contribution is 5.95. The van der Waals surface area contributed by atoms with Gasteiger partial charge in [-0.1, -0.05) is 48.6 Å². The summed E-state index contributed by atoms with van der Waals surface area (Å²) in [4.78, 5) is 23.2. The van der Waals surface area contributed by atoms with E-state index in [0.29, 0.717) is 12.2 Å². The molecule has 0 radical (unpaired) electrons. The summed E-state index contributed by atoms with van der Waals surface area (Å²) in [5.74, 6) is -3.23. The number of halogens is 2. The Hall–Kier alpha value is -4.92. The Morgan fingerprint density at radius 2 is 1.61 bits per heavy atom. The quantitative estimate of drug-likeness (QED) is 0.116. The van der Waals surface area contributed by atoms with Gasteiger partial charge in [0.05, 0.1) is 11.9 Å². The van der Waals surface area contributed by atoms with Crippen LogP contribution in [-0.2, 0) is 22.6 Å². The average Bonchev–Trinajstić information content (AvgIpc) is 3.70. The maximum atomic E-state index is 13.6. The zero-order valence-corrected chi connectivity index (χ0v) is 24.3. The van der Waals surface area contributed by atoms with Gasteiger partial charge in [0.15, 0.2) is 11.6 Å². The van der Waals surface area contributed by atoms with Crippen molar-refractivity contribution >= 4 is 35.0 Å². The number of para-hydroxylation sites is 1. The molecule has 0 unspecified atom stereocenters. The molecule has 0 spiro atoms. The van der Waals surface area contributed by atoms with E-state index in [2.05, 4.69) is 0 Å². The van der Waals surface area contributed by atoms with Gasteiger partial charge in [0.25, 0.3) is 0 Å². The number of fused-ring (bicyclic) bond motifs is 1. The minimum atomic E-state index is -1.02. The van der Waals surface area contributed by atoms with Gasteiger partial charge in [-0.05, 0) is 84.7 Å². The van der Waals surface area contributed by atoms with Crippen LogP contribution in [0.4, 0.5) is 8.78 Å². The van der Waals surface area contributed by atoms with Crippen molar-refractivity contribution in [1.29, 1.82) is 0 Å². The Kier molecular flexibility index (Phi) is 9.13. The third-order valence-electron chi connectivity index (χ3n) is 7.93. The topological polar surface area (TPSA) is 98.0 Å². The van der Waals surface area contributed by atoms with Gasteiger partial charge < -0.3 is 24.3 Å². The van der Waals surface area contributed by atoms with Crippen molar-refractivity contribution in [2.24, 2.45) is 5.41 Å². The number of rotatable bonds is 14. The van der Waals surface area contributed by atoms with Crippen LogP contribution in [0.5, 0.6) is 11.5 Å². The Morgan fingerprint density at radius 3 is 2.30 bits per heavy atom. The molecule has 1 heterocycles. The highest BCUT2D eigenvalue weighted by Crippen LogP contribution is 2.52. The minimum Gasteiger partial charge on any atom is -0.490 e. The molecule has 0 amide bonds. The predicted molar refractivity (Wildman–Crippen MR) is 164 cm³/mol. The van der Waals surface area contributed by atoms with Crippen molar-refractivity contribution in [3.05, 3.63) is 107 Å². The zero-order chi connectivity index (χ0) is 31.3. The summed E-state index contributed by atoms with van der Waals surface area (Å²) >= 11 is 0. The number of carboxylic acids is 2. The summed E-state index contributed by atoms with van der Waals surface area (Å²) < 4.78 is 39.6. The molecule has 1 fully saturated rings. The van der Waals surface area contributed by atoms with Crippen LogP contribution in [0.15, 0.2) is 72.8 Å². The molecule has 1 aromatic heterocycles. The second-order valence-corrected chi connectivity index (χ2v) is 11.1. The molecule has 2 N–H and O–H groups in total. The zero-order valence-electron chi connectivity index (χ0n) is 24.3. The van der Waals surface area contributed by atoms with Gasteiger partial charge in [-0.3, -0.25) is 9.59 Å². The van der Waals surface area contributed by atoms with Crippen molar-refractivity contribution in [1.82, 2.24) is 4.57 Å². The first-order chi connectivity index (χ1) is 21.2. The van der Waals surface area contributed by atoms with Crippen LogP contribution < -0.4 is 9.47 Å². The Labute approximate surface area is 253 Å². The lowest BCUT2D eigenvalue weighted by atomic mass is 9.91. The van der Waals surface area contributed by atoms with Gasteiger partial charge in [0.1, 0.15) is 25.5 Å². The van der Waals surface area contributed by atoms with Crippen molar-refractivity contribution in [3.8, 4) is 11.5 Å². The lowest BCUT2D eigenvalue weighted by Gasteiger charge is -2.13. The van der Waals surface area contributed by atoms with Crippen molar-refractivity contribution in [3.63, 3.8) is 0 Å². The van der Waals surface area contributed by atoms with Crippen LogP contribution in [0.3, 0.4) is 0 Å². The van der Waals surface area contributed by atoms with E-state index in [9.17, 15) is 28.6 Å². The molecule has 44 heavy (non-hydrogen) atoms. The normalized spacial score (nSPS) is 14.0. The van der Waals surface area contributed by atoms with E-state index >= 15 is 0 Å². The van der Waals surface area contributed by atoms with E-state index in [1.807, 2.05) is 66.1 Å². The Morgan fingerprint density at radius 1 is 0.909 bits per heavy atom. The molecule has 9 heteroatoms. The van der Waals surface area contributed by atoms with Crippen LogP contribution in [0.2, 0.25) is 0 Å². The number of carboxylic acid groups (broad SMARTS) is 2. The van der Waals surface area contributed by atoms with Crippen molar-refractivity contribution < 1.29 is 38.1 Å². The molecule has 228 valence electrons. The minimum absolute atomic E-state index is 0.0697. The SMILES string of the molecule is Cc1c(CC2(CC(=O)O)CC2)c2cccc(/C=C/c3ccc(OC/C=C/COc4cccc(F)c4F)cc3)c2n1CC(=O)O. The van der Waals surface area contributed by atoms with Crippen LogP contribution in [0.1, 0.15) is 41.6 Å². The highest BCUT2D eigenvalue weighted by atomic mass is 19.2. The number of nitrogens with zero attached hydrogens (tertiary/aromatic N) is 1. The van der Waals surface area contributed by atoms with E-state index in [1.165, 1.54) is 12.1 Å². The molecule has 1 aliphatic carbocycles. The summed E-state index contributed by atoms with van der Waals surface area (Å²) in [6, 6.07) is 17.1. The van der Waals surface area contributed by atoms with Gasteiger partial charge in [0.2, 0.25) is 5.82 Å². The first-order valence-electron chi connectivity index (χ1n) is 14.3. The number of aliphatic carboxylic acids is 2. The fourth-order valence-corrected chi connectivity index (χ4v) is 5.49. The van der Waals surface area contributed by atoms with E-state index in [0.717, 1.165) is 52.2 Å². The molecule has 0 aliphatic heterocycles. The van der Waals surface area contributed by atoms with Crippen molar-refractivity contribution in [2.75, 3.05) is 13.2 Å². The monoisotopic (exact) mass is 601 g/mol. The molecule has 0 atom stereocenters. The van der Waals surface area contributed by atoms with Crippen LogP contribution in [0.25, 0.3) is 23.1 Å². The van der Waals surface area contributed by atoms with Gasteiger partial charge in [-0.25, -0.2) is 4.39 Å². The van der Waals surface area contributed by atoms with E-state index < -0.39 is 23.6 Å². The smallest absolute Gasteiger partial charge is 0.323 e. The average molecular weight is 602 g/mol. The van der Waals surface area contributed by atoms with Crippen LogP contribution in [0, 0.1) is 24.0 Å². The maximum absolute atomic E-state index is 13.6. The van der Waals surface area contributed by atoms with Crippen molar-refractivity contribution in [2.45, 2.75) is 39.2 Å². The number of hydrogen-bond donors (Lipinski definition) is 2. The number of hydrogen-bond acceptors (Lipinski definition) is 4. The standard InChI is InChI=1S/C35H33F2NO6/c1-23-28(20-35(16-17-35)21-31(39)40)27-7-4-6-25(34(27)38(23)22-32(41)42)13-10-24-11-14-26(15-12-24)43-18-2-3-19-44-30-9-5-8-29(36)33(30)37/h2-15H,16-22H2,1H3,(H,39,40)(H,41,42)/b3-2+,13-10+. The molecular weight excluding hydrogens is 568 g/mol. The second kappa shape index (κ2) is 13.2. The van der Waals surface area contributed by atoms with Crippen LogP contribution in [-0.4, -0.2) is 39.9 Å². The third-order valence-corrected chi connectivity index (χ3v) is 7.93. The van der Waals surface area contributed by atoms with E-state index in [1.54, 1.807) is 12.2 Å². The summed E-state index contributed by atoms with van der Waals surface area (Å²) in [6.45, 7) is 2.06. The number of aromatic nitrogens is 1. The van der Waals surface area contributed by atoms with Gasteiger partial charge in [-0.15, -0.1) is 0 Å². The first-order valence-corrected chi connectivity index (χ1v) is 14.3. The number of benzene rings is 3. The maximum Gasteiger partial charge on any atom is 0.323 e. The predicted octanol–water partition coefficient (Wildman–Crippen LogP) is 7.29. The fourth-order valence-electron chi connectivity index (χ4n) is 5.49. The third kappa shape index (κ3) is 7.16. The van der Waals surface area contributed by atoms with Gasteiger partial charge in [0, 0.05) is 11.1 Å². The summed E-state index contributed by atoms with van der Waals surface area (Å²) in [7, 11) is 0. The molecule has 4 aromatic rings. The lowest BCUT2D eigenvalue weighted by molar-refractivity contribution is -0.139. The summed E-state index contributed by atoms with van der Waals surface area (Å²) in [5.41, 5.74) is 4.21. The fraction of sp³-hybridized carbons (Fsp3) is 0.257. The van der Waals surface area contributed by atoms with Gasteiger partial charge in [-0.2, -0.15) is 4.39 Å². The van der Waals surface area contributed by atoms with E-state index in [4.69, 9.17) is 9.47 Å². The lowest BCUT2D eigenvalue weighted by Crippen LogP contribution is -2.13. The molecule has 1 saturated carbocycles. The Balaban J connectivity index is 1.25. The number of ether oxygens (including phenoxy) is 2. The van der Waals surface area contributed by atoms with Crippen LogP contribution >= 0.6 is 0 Å².